The van der Waals surface area contributed by atoms with Crippen molar-refractivity contribution in [3.05, 3.63) is 65.7 Å². The fraction of sp³-hybridized carbons (Fsp3) is 0.400. The molecular weight excluding hydrogens is 396 g/mol. The van der Waals surface area contributed by atoms with Gasteiger partial charge in [-0.3, -0.25) is 9.59 Å². The second-order valence-electron chi connectivity index (χ2n) is 9.37. The van der Waals surface area contributed by atoms with Crippen LogP contribution in [0, 0.1) is 10.8 Å². The van der Waals surface area contributed by atoms with Gasteiger partial charge in [0.15, 0.2) is 0 Å². The summed E-state index contributed by atoms with van der Waals surface area (Å²) in [5.41, 5.74) is -3.78. The molecule has 2 aliphatic heterocycles. The van der Waals surface area contributed by atoms with Gasteiger partial charge in [-0.05, 0) is 31.9 Å². The molecule has 5 rings (SSSR count). The molecule has 160 valence electrons. The highest BCUT2D eigenvalue weighted by atomic mass is 16.6. The second kappa shape index (κ2) is 6.19. The molecular formula is C25H24O6. The van der Waals surface area contributed by atoms with Gasteiger partial charge in [0, 0.05) is 11.0 Å². The molecule has 2 aromatic rings. The third kappa shape index (κ3) is 2.30. The maximum absolute atomic E-state index is 13.7. The highest BCUT2D eigenvalue weighted by molar-refractivity contribution is 6.07. The van der Waals surface area contributed by atoms with Crippen molar-refractivity contribution in [1.82, 2.24) is 0 Å². The maximum atomic E-state index is 13.7. The van der Waals surface area contributed by atoms with Gasteiger partial charge >= 0.3 is 11.9 Å². The van der Waals surface area contributed by atoms with E-state index in [0.29, 0.717) is 29.7 Å². The van der Waals surface area contributed by atoms with E-state index >= 15 is 0 Å². The number of benzene rings is 2. The summed E-state index contributed by atoms with van der Waals surface area (Å²) < 4.78 is 17.7. The monoisotopic (exact) mass is 420 g/mol. The van der Waals surface area contributed by atoms with Crippen LogP contribution in [0.3, 0.4) is 0 Å². The van der Waals surface area contributed by atoms with Crippen molar-refractivity contribution in [3.8, 4) is 5.75 Å². The summed E-state index contributed by atoms with van der Waals surface area (Å²) in [7, 11) is 0. The van der Waals surface area contributed by atoms with Crippen molar-refractivity contribution in [2.24, 2.45) is 10.8 Å². The Balaban J connectivity index is 1.60. The Morgan fingerprint density at radius 2 is 1.61 bits per heavy atom. The first-order chi connectivity index (χ1) is 14.7. The third-order valence-corrected chi connectivity index (χ3v) is 7.85. The van der Waals surface area contributed by atoms with Crippen LogP contribution in [-0.4, -0.2) is 29.9 Å². The summed E-state index contributed by atoms with van der Waals surface area (Å²) in [4.78, 5) is 40.1. The molecule has 3 aliphatic rings. The number of hydrogen-bond acceptors (Lipinski definition) is 6. The summed E-state index contributed by atoms with van der Waals surface area (Å²) >= 11 is 0. The van der Waals surface area contributed by atoms with E-state index in [-0.39, 0.29) is 12.4 Å². The van der Waals surface area contributed by atoms with Gasteiger partial charge in [-0.1, -0.05) is 56.3 Å². The lowest BCUT2D eigenvalue weighted by atomic mass is 9.66. The van der Waals surface area contributed by atoms with Crippen molar-refractivity contribution in [2.75, 3.05) is 6.61 Å². The number of Topliss-reactive ketones (excluding diaryl/α,β-unsaturated/α-hetero) is 1. The van der Waals surface area contributed by atoms with Crippen molar-refractivity contribution in [2.45, 2.75) is 44.8 Å². The zero-order valence-corrected chi connectivity index (χ0v) is 17.8. The number of rotatable bonds is 3. The molecule has 2 aromatic carbocycles. The fourth-order valence-electron chi connectivity index (χ4n) is 5.24. The van der Waals surface area contributed by atoms with Gasteiger partial charge < -0.3 is 14.2 Å². The van der Waals surface area contributed by atoms with Gasteiger partial charge in [-0.15, -0.1) is 0 Å². The Kier molecular flexibility index (Phi) is 3.95. The van der Waals surface area contributed by atoms with E-state index in [1.54, 1.807) is 48.5 Å². The number of hydrogen-bond donors (Lipinski definition) is 0. The van der Waals surface area contributed by atoms with Crippen LogP contribution in [0.1, 0.15) is 49.5 Å². The van der Waals surface area contributed by atoms with E-state index in [9.17, 15) is 14.4 Å². The van der Waals surface area contributed by atoms with E-state index in [2.05, 4.69) is 0 Å². The standard InChI is InChI=1S/C25H24O6/c1-22(2)23(3)13-14-25(22,31-20(23)27)21(28)30-24(16-9-5-4-6-10-16)15-29-18-12-8-7-11-17(18)19(24)26/h4-12H,13-15H2,1-3H3/t23-,24-,25+/m0/s1. The van der Waals surface area contributed by atoms with Crippen molar-refractivity contribution in [3.63, 3.8) is 0 Å². The zero-order valence-electron chi connectivity index (χ0n) is 17.8. The topological polar surface area (TPSA) is 78.9 Å². The second-order valence-corrected chi connectivity index (χ2v) is 9.37. The molecule has 0 unspecified atom stereocenters. The van der Waals surface area contributed by atoms with Crippen LogP contribution >= 0.6 is 0 Å². The number of fused-ring (bicyclic) bond motifs is 3. The molecule has 2 bridgehead atoms. The van der Waals surface area contributed by atoms with E-state index in [1.807, 2.05) is 26.8 Å². The number of ketones is 1. The average Bonchev–Trinajstić information content (AvgIpc) is 3.07. The predicted octanol–water partition coefficient (Wildman–Crippen LogP) is 3.82. The summed E-state index contributed by atoms with van der Waals surface area (Å²) in [6.45, 7) is 5.39. The fourth-order valence-corrected chi connectivity index (χ4v) is 5.24. The highest BCUT2D eigenvalue weighted by Gasteiger charge is 2.77. The molecule has 31 heavy (non-hydrogen) atoms. The summed E-state index contributed by atoms with van der Waals surface area (Å²) in [6.07, 6.45) is 0.886. The first-order valence-corrected chi connectivity index (χ1v) is 10.5. The van der Waals surface area contributed by atoms with Crippen LogP contribution in [0.15, 0.2) is 54.6 Å². The number of carbonyl (C=O) groups is 3. The molecule has 0 aromatic heterocycles. The van der Waals surface area contributed by atoms with Crippen LogP contribution < -0.4 is 4.74 Å². The number of ether oxygens (including phenoxy) is 3. The Hall–Kier alpha value is -3.15. The molecule has 2 fully saturated rings. The number of para-hydroxylation sites is 1. The third-order valence-electron chi connectivity index (χ3n) is 7.85. The molecule has 1 aliphatic carbocycles. The Morgan fingerprint density at radius 3 is 2.26 bits per heavy atom. The largest absolute Gasteiger partial charge is 0.488 e. The lowest BCUT2D eigenvalue weighted by Gasteiger charge is -2.40. The van der Waals surface area contributed by atoms with Crippen LogP contribution in [-0.2, 0) is 24.7 Å². The van der Waals surface area contributed by atoms with Gasteiger partial charge in [0.05, 0.1) is 11.0 Å². The summed E-state index contributed by atoms with van der Waals surface area (Å²) in [5.74, 6) is -0.999. The van der Waals surface area contributed by atoms with Crippen LogP contribution in [0.2, 0.25) is 0 Å². The first-order valence-electron chi connectivity index (χ1n) is 10.5. The Labute approximate surface area is 180 Å². The minimum absolute atomic E-state index is 0.152. The van der Waals surface area contributed by atoms with E-state index in [1.165, 1.54) is 0 Å². The van der Waals surface area contributed by atoms with E-state index in [4.69, 9.17) is 14.2 Å². The van der Waals surface area contributed by atoms with Crippen molar-refractivity contribution in [1.29, 1.82) is 0 Å². The molecule has 0 spiro atoms. The molecule has 1 saturated carbocycles. The van der Waals surface area contributed by atoms with Gasteiger partial charge in [0.1, 0.15) is 12.4 Å². The zero-order chi connectivity index (χ0) is 22.1. The minimum atomic E-state index is -1.66. The quantitative estimate of drug-likeness (QED) is 0.703. The SMILES string of the molecule is CC1(C)[C@@]2(C)CC[C@]1(C(=O)O[C@]1(c3ccccc3)COc3ccccc3C1=O)OC2=O. The van der Waals surface area contributed by atoms with Crippen molar-refractivity contribution >= 4 is 17.7 Å². The molecule has 6 heteroatoms. The normalized spacial score (nSPS) is 32.7. The van der Waals surface area contributed by atoms with E-state index < -0.39 is 34.0 Å². The molecule has 6 nitrogen and oxygen atoms in total. The molecule has 3 atom stereocenters. The molecule has 0 radical (unpaired) electrons. The van der Waals surface area contributed by atoms with Crippen LogP contribution in [0.4, 0.5) is 0 Å². The lowest BCUT2D eigenvalue weighted by molar-refractivity contribution is -0.194. The van der Waals surface area contributed by atoms with Crippen molar-refractivity contribution < 1.29 is 28.6 Å². The molecule has 2 heterocycles. The number of esters is 2. The van der Waals surface area contributed by atoms with Gasteiger partial charge in [-0.2, -0.15) is 0 Å². The smallest absolute Gasteiger partial charge is 0.352 e. The Morgan fingerprint density at radius 1 is 0.935 bits per heavy atom. The Bertz CT molecular complexity index is 1110. The summed E-state index contributed by atoms with van der Waals surface area (Å²) in [5, 5.41) is 0. The lowest BCUT2D eigenvalue weighted by Crippen LogP contribution is -2.55. The van der Waals surface area contributed by atoms with Crippen LogP contribution in [0.5, 0.6) is 5.75 Å². The van der Waals surface area contributed by atoms with Gasteiger partial charge in [-0.25, -0.2) is 4.79 Å². The average molecular weight is 420 g/mol. The predicted molar refractivity (Wildman–Crippen MR) is 110 cm³/mol. The minimum Gasteiger partial charge on any atom is -0.488 e. The molecule has 0 amide bonds. The maximum Gasteiger partial charge on any atom is 0.352 e. The van der Waals surface area contributed by atoms with E-state index in [0.717, 1.165) is 0 Å². The van der Waals surface area contributed by atoms with Gasteiger partial charge in [0.2, 0.25) is 17.0 Å². The molecule has 1 saturated heterocycles. The highest BCUT2D eigenvalue weighted by Crippen LogP contribution is 2.66. The summed E-state index contributed by atoms with van der Waals surface area (Å²) in [6, 6.07) is 15.8. The van der Waals surface area contributed by atoms with Gasteiger partial charge in [0.25, 0.3) is 0 Å². The first kappa shape index (κ1) is 19.8. The number of carbonyl (C=O) groups excluding carboxylic acids is 3. The van der Waals surface area contributed by atoms with Crippen LogP contribution in [0.25, 0.3) is 0 Å². The molecule has 0 N–H and O–H groups in total.